The highest BCUT2D eigenvalue weighted by Gasteiger charge is 2.19. The van der Waals surface area contributed by atoms with Crippen molar-refractivity contribution >= 4 is 5.91 Å². The van der Waals surface area contributed by atoms with Gasteiger partial charge in [-0.05, 0) is 24.1 Å². The number of pyridine rings is 1. The fourth-order valence-electron chi connectivity index (χ4n) is 1.76. The second kappa shape index (κ2) is 4.13. The molecule has 0 saturated carbocycles. The van der Waals surface area contributed by atoms with Crippen LogP contribution in [-0.4, -0.2) is 17.4 Å². The van der Waals surface area contributed by atoms with Crippen molar-refractivity contribution in [3.05, 3.63) is 41.9 Å². The van der Waals surface area contributed by atoms with Gasteiger partial charge in [-0.1, -0.05) is 0 Å². The Morgan fingerprint density at radius 3 is 2.87 bits per heavy atom. The Hall–Kier alpha value is -1.84. The van der Waals surface area contributed by atoms with Crippen molar-refractivity contribution in [1.29, 1.82) is 0 Å². The molecule has 1 aliphatic heterocycles. The molecule has 0 aromatic carbocycles. The Bertz CT molecular complexity index is 386. The third kappa shape index (κ3) is 2.15. The lowest BCUT2D eigenvalue weighted by Gasteiger charge is -2.22. The second-order valence-corrected chi connectivity index (χ2v) is 3.62. The van der Waals surface area contributed by atoms with E-state index in [9.17, 15) is 4.79 Å². The molecule has 1 aliphatic rings. The monoisotopic (exact) mass is 203 g/mol. The average Bonchev–Trinajstić information content (AvgIpc) is 2.30. The maximum atomic E-state index is 11.0. The van der Waals surface area contributed by atoms with E-state index in [-0.39, 0.29) is 5.91 Å². The number of hydrogen-bond acceptors (Lipinski definition) is 3. The van der Waals surface area contributed by atoms with Gasteiger partial charge in [0.15, 0.2) is 0 Å². The summed E-state index contributed by atoms with van der Waals surface area (Å²) in [5, 5.41) is 3.08. The fourth-order valence-corrected chi connectivity index (χ4v) is 1.76. The summed E-state index contributed by atoms with van der Waals surface area (Å²) >= 11 is 0. The van der Waals surface area contributed by atoms with Gasteiger partial charge in [-0.3, -0.25) is 9.78 Å². The highest BCUT2D eigenvalue weighted by atomic mass is 16.1. The van der Waals surface area contributed by atoms with Gasteiger partial charge in [-0.25, -0.2) is 0 Å². The summed E-state index contributed by atoms with van der Waals surface area (Å²) in [6.45, 7) is 0.834. The topological polar surface area (TPSA) is 68.0 Å². The van der Waals surface area contributed by atoms with E-state index >= 15 is 0 Å². The number of nitrogens with zero attached hydrogens (tertiary/aromatic N) is 1. The number of amides is 1. The van der Waals surface area contributed by atoms with Crippen LogP contribution in [0.25, 0.3) is 0 Å². The minimum absolute atomic E-state index is 0.306. The zero-order valence-corrected chi connectivity index (χ0v) is 8.31. The predicted molar refractivity (Wildman–Crippen MR) is 56.9 cm³/mol. The molecule has 1 aromatic heterocycles. The number of aromatic nitrogens is 1. The van der Waals surface area contributed by atoms with Gasteiger partial charge in [-0.15, -0.1) is 0 Å². The first kappa shape index (κ1) is 9.71. The van der Waals surface area contributed by atoms with Gasteiger partial charge in [0.05, 0.1) is 0 Å². The van der Waals surface area contributed by atoms with Crippen molar-refractivity contribution < 1.29 is 4.79 Å². The molecular weight excluding hydrogens is 190 g/mol. The number of nitrogens with two attached hydrogens (primary N) is 1. The molecule has 1 atom stereocenters. The van der Waals surface area contributed by atoms with Crippen LogP contribution in [0.2, 0.25) is 0 Å². The maximum Gasteiger partial charge on any atom is 0.246 e. The molecule has 2 heterocycles. The third-order valence-corrected chi connectivity index (χ3v) is 2.60. The Morgan fingerprint density at radius 2 is 2.20 bits per heavy atom. The van der Waals surface area contributed by atoms with E-state index < -0.39 is 0 Å². The first-order chi connectivity index (χ1) is 7.27. The highest BCUT2D eigenvalue weighted by molar-refractivity contribution is 5.92. The number of primary amides is 1. The van der Waals surface area contributed by atoms with Crippen LogP contribution in [0.5, 0.6) is 0 Å². The lowest BCUT2D eigenvalue weighted by atomic mass is 9.90. The quantitative estimate of drug-likeness (QED) is 0.736. The smallest absolute Gasteiger partial charge is 0.246 e. The summed E-state index contributed by atoms with van der Waals surface area (Å²) in [6.07, 6.45) is 5.93. The molecule has 2 rings (SSSR count). The van der Waals surface area contributed by atoms with Crippen molar-refractivity contribution in [2.24, 2.45) is 5.73 Å². The lowest BCUT2D eigenvalue weighted by molar-refractivity contribution is -0.114. The molecule has 0 aliphatic carbocycles. The normalized spacial score (nSPS) is 20.3. The van der Waals surface area contributed by atoms with Crippen molar-refractivity contribution in [3.8, 4) is 0 Å². The van der Waals surface area contributed by atoms with Gasteiger partial charge >= 0.3 is 0 Å². The predicted octanol–water partition coefficient (Wildman–Crippen LogP) is 0.528. The summed E-state index contributed by atoms with van der Waals surface area (Å²) < 4.78 is 0. The third-order valence-electron chi connectivity index (χ3n) is 2.60. The summed E-state index contributed by atoms with van der Waals surface area (Å²) in [5.41, 5.74) is 7.09. The zero-order chi connectivity index (χ0) is 10.7. The van der Waals surface area contributed by atoms with E-state index in [4.69, 9.17) is 5.73 Å². The number of carbonyl (C=O) groups is 1. The van der Waals surface area contributed by atoms with Crippen LogP contribution in [0.1, 0.15) is 17.9 Å². The van der Waals surface area contributed by atoms with Gasteiger partial charge < -0.3 is 11.1 Å². The van der Waals surface area contributed by atoms with Crippen molar-refractivity contribution in [2.45, 2.75) is 12.3 Å². The zero-order valence-electron chi connectivity index (χ0n) is 8.31. The van der Waals surface area contributed by atoms with Crippen LogP contribution in [0, 0.1) is 0 Å². The van der Waals surface area contributed by atoms with E-state index in [1.807, 2.05) is 12.1 Å². The van der Waals surface area contributed by atoms with E-state index in [1.54, 1.807) is 18.6 Å². The van der Waals surface area contributed by atoms with Gasteiger partial charge in [0.1, 0.15) is 0 Å². The average molecular weight is 203 g/mol. The van der Waals surface area contributed by atoms with Crippen LogP contribution in [0.4, 0.5) is 0 Å². The highest BCUT2D eigenvalue weighted by Crippen LogP contribution is 2.24. The minimum atomic E-state index is -0.346. The molecule has 0 saturated heterocycles. The molecular formula is C11H13N3O. The molecule has 1 unspecified atom stereocenters. The Labute approximate surface area is 88.2 Å². The Kier molecular flexibility index (Phi) is 2.67. The number of carbonyl (C=O) groups excluding carboxylic acids is 1. The van der Waals surface area contributed by atoms with Crippen molar-refractivity contribution in [1.82, 2.24) is 10.3 Å². The summed E-state index contributed by atoms with van der Waals surface area (Å²) in [7, 11) is 0. The Balaban J connectivity index is 2.15. The van der Waals surface area contributed by atoms with Crippen molar-refractivity contribution in [3.63, 3.8) is 0 Å². The van der Waals surface area contributed by atoms with Gasteiger partial charge in [0, 0.05) is 36.6 Å². The van der Waals surface area contributed by atoms with E-state index in [1.165, 1.54) is 5.56 Å². The molecule has 78 valence electrons. The number of hydrogen-bond donors (Lipinski definition) is 2. The maximum absolute atomic E-state index is 11.0. The van der Waals surface area contributed by atoms with E-state index in [2.05, 4.69) is 10.3 Å². The molecule has 0 bridgehead atoms. The van der Waals surface area contributed by atoms with Gasteiger partial charge in [0.2, 0.25) is 5.91 Å². The van der Waals surface area contributed by atoms with Crippen molar-refractivity contribution in [2.75, 3.05) is 6.54 Å². The van der Waals surface area contributed by atoms with E-state index in [0.717, 1.165) is 6.54 Å². The van der Waals surface area contributed by atoms with Gasteiger partial charge in [0.25, 0.3) is 0 Å². The summed E-state index contributed by atoms with van der Waals surface area (Å²) in [5.74, 6) is -0.0400. The molecule has 4 nitrogen and oxygen atoms in total. The molecule has 1 aromatic rings. The molecule has 0 radical (unpaired) electrons. The molecule has 0 fully saturated rings. The molecule has 4 heteroatoms. The van der Waals surface area contributed by atoms with Crippen LogP contribution < -0.4 is 11.1 Å². The molecule has 1 amide bonds. The van der Waals surface area contributed by atoms with Crippen LogP contribution >= 0.6 is 0 Å². The Morgan fingerprint density at radius 1 is 1.47 bits per heavy atom. The van der Waals surface area contributed by atoms with Gasteiger partial charge in [-0.2, -0.15) is 0 Å². The minimum Gasteiger partial charge on any atom is -0.390 e. The second-order valence-electron chi connectivity index (χ2n) is 3.62. The largest absolute Gasteiger partial charge is 0.390 e. The standard InChI is InChI=1S/C11H13N3O/c12-11(15)10-5-9(6-14-7-10)8-1-3-13-4-2-8/h1-4,7,9,14H,5-6H2,(H2,12,15). The first-order valence-electron chi connectivity index (χ1n) is 4.89. The number of rotatable bonds is 2. The fraction of sp³-hybridized carbons (Fsp3) is 0.273. The summed E-state index contributed by atoms with van der Waals surface area (Å²) in [4.78, 5) is 15.0. The van der Waals surface area contributed by atoms with Crippen LogP contribution in [-0.2, 0) is 4.79 Å². The van der Waals surface area contributed by atoms with E-state index in [0.29, 0.717) is 17.9 Å². The molecule has 0 spiro atoms. The molecule has 15 heavy (non-hydrogen) atoms. The molecule has 3 N–H and O–H groups in total. The van der Waals surface area contributed by atoms with Crippen LogP contribution in [0.3, 0.4) is 0 Å². The summed E-state index contributed by atoms with van der Waals surface area (Å²) in [6, 6.07) is 3.94. The lowest BCUT2D eigenvalue weighted by Crippen LogP contribution is -2.28. The SMILES string of the molecule is NC(=O)C1=CNCC(c2ccncc2)C1. The number of nitrogens with one attached hydrogen (secondary N) is 1. The van der Waals surface area contributed by atoms with Crippen LogP contribution in [0.15, 0.2) is 36.3 Å². The first-order valence-corrected chi connectivity index (χ1v) is 4.89.